The number of halogens is 1. The van der Waals surface area contributed by atoms with Gasteiger partial charge in [0.25, 0.3) is 0 Å². The Morgan fingerprint density at radius 3 is 2.00 bits per heavy atom. The fraction of sp³-hybridized carbons (Fsp3) is 0.194. The number of nitrogens with zero attached hydrogens (tertiary/aromatic N) is 3. The van der Waals surface area contributed by atoms with Gasteiger partial charge in [-0.1, -0.05) is 72.8 Å². The third kappa shape index (κ3) is 8.54. The molecule has 1 aromatic heterocycles. The molecule has 1 heterocycles. The van der Waals surface area contributed by atoms with Crippen LogP contribution in [0.15, 0.2) is 109 Å². The Hall–Kier alpha value is -4.41. The van der Waals surface area contributed by atoms with Gasteiger partial charge in [-0.25, -0.2) is 12.8 Å². The van der Waals surface area contributed by atoms with E-state index in [4.69, 9.17) is 0 Å². The van der Waals surface area contributed by atoms with E-state index < -0.39 is 40.2 Å². The van der Waals surface area contributed by atoms with Gasteiger partial charge < -0.3 is 10.2 Å². The van der Waals surface area contributed by atoms with Gasteiger partial charge in [0.2, 0.25) is 21.8 Å². The van der Waals surface area contributed by atoms with E-state index in [-0.39, 0.29) is 19.6 Å². The van der Waals surface area contributed by atoms with Crippen molar-refractivity contribution in [2.75, 3.05) is 12.8 Å². The molecule has 1 N–H and O–H groups in total. The summed E-state index contributed by atoms with van der Waals surface area (Å²) in [6.07, 6.45) is 4.28. The van der Waals surface area contributed by atoms with Crippen LogP contribution in [0.4, 0.5) is 4.39 Å². The summed E-state index contributed by atoms with van der Waals surface area (Å²) in [5.74, 6) is -1.46. The third-order valence-electron chi connectivity index (χ3n) is 6.46. The fourth-order valence-corrected chi connectivity index (χ4v) is 5.05. The summed E-state index contributed by atoms with van der Waals surface area (Å²) in [6.45, 7) is -0.354. The van der Waals surface area contributed by atoms with Crippen molar-refractivity contribution in [2.45, 2.75) is 25.7 Å². The first-order valence-electron chi connectivity index (χ1n) is 13.0. The fourth-order valence-electron chi connectivity index (χ4n) is 4.32. The van der Waals surface area contributed by atoms with E-state index in [1.807, 2.05) is 6.07 Å². The van der Waals surface area contributed by atoms with Gasteiger partial charge in [0.15, 0.2) is 0 Å². The lowest BCUT2D eigenvalue weighted by atomic mass is 10.0. The zero-order chi connectivity index (χ0) is 29.2. The topological polar surface area (TPSA) is 99.7 Å². The van der Waals surface area contributed by atoms with Crippen LogP contribution in [0.1, 0.15) is 28.3 Å². The van der Waals surface area contributed by atoms with Crippen molar-refractivity contribution in [3.63, 3.8) is 0 Å². The number of carbonyl (C=O) groups is 2. The summed E-state index contributed by atoms with van der Waals surface area (Å²) < 4.78 is 40.3. The van der Waals surface area contributed by atoms with Crippen LogP contribution in [0, 0.1) is 5.82 Å². The van der Waals surface area contributed by atoms with Gasteiger partial charge in [-0.3, -0.25) is 14.6 Å². The highest BCUT2D eigenvalue weighted by Gasteiger charge is 2.33. The first-order chi connectivity index (χ1) is 19.7. The van der Waals surface area contributed by atoms with Gasteiger partial charge in [-0.15, -0.1) is 0 Å². The monoisotopic (exact) mass is 574 g/mol. The van der Waals surface area contributed by atoms with Gasteiger partial charge in [0.1, 0.15) is 11.9 Å². The number of hydrogen-bond acceptors (Lipinski definition) is 5. The van der Waals surface area contributed by atoms with E-state index in [9.17, 15) is 22.4 Å². The van der Waals surface area contributed by atoms with E-state index >= 15 is 0 Å². The molecule has 212 valence electrons. The molecule has 0 saturated heterocycles. The first kappa shape index (κ1) is 29.6. The SMILES string of the molecule is CS(=O)(=O)N(CC(=O)N(Cc1ccc(F)cc1)[C@H](C(=O)NCc1ccncc1)c1ccccc1)Cc1ccccc1. The standard InChI is InChI=1S/C31H31FN4O4S/c1-41(39,40)35(21-25-8-4-2-5-9-25)23-29(37)36(22-26-12-14-28(32)15-13-26)30(27-10-6-3-7-11-27)31(38)34-20-24-16-18-33-19-17-24/h2-19,30H,20-23H2,1H3,(H,34,38)/t30-/m0/s1. The van der Waals surface area contributed by atoms with Gasteiger partial charge in [0.05, 0.1) is 12.8 Å². The van der Waals surface area contributed by atoms with Crippen LogP contribution in [-0.4, -0.2) is 47.2 Å². The average molecular weight is 575 g/mol. The quantitative estimate of drug-likeness (QED) is 0.275. The summed E-state index contributed by atoms with van der Waals surface area (Å²) in [4.78, 5) is 33.1. The van der Waals surface area contributed by atoms with Crippen LogP contribution in [0.3, 0.4) is 0 Å². The van der Waals surface area contributed by atoms with E-state index in [1.54, 1.807) is 79.1 Å². The van der Waals surface area contributed by atoms with Crippen molar-refractivity contribution in [2.24, 2.45) is 0 Å². The molecule has 3 aromatic carbocycles. The third-order valence-corrected chi connectivity index (χ3v) is 7.66. The molecule has 0 unspecified atom stereocenters. The number of rotatable bonds is 12. The molecular weight excluding hydrogens is 543 g/mol. The normalized spacial score (nSPS) is 12.1. The predicted octanol–water partition coefficient (Wildman–Crippen LogP) is 4.07. The van der Waals surface area contributed by atoms with Gasteiger partial charge in [-0.2, -0.15) is 4.31 Å². The Morgan fingerprint density at radius 2 is 1.39 bits per heavy atom. The molecule has 0 fully saturated rings. The van der Waals surface area contributed by atoms with Crippen LogP contribution < -0.4 is 5.32 Å². The van der Waals surface area contributed by atoms with E-state index in [0.717, 1.165) is 16.1 Å². The lowest BCUT2D eigenvalue weighted by Gasteiger charge is -2.33. The molecular formula is C31H31FN4O4S. The Labute approximate surface area is 239 Å². The zero-order valence-electron chi connectivity index (χ0n) is 22.6. The number of hydrogen-bond donors (Lipinski definition) is 1. The molecule has 10 heteroatoms. The van der Waals surface area contributed by atoms with Crippen molar-refractivity contribution in [3.05, 3.63) is 138 Å². The Bertz CT molecular complexity index is 1540. The molecule has 0 bridgehead atoms. The van der Waals surface area contributed by atoms with E-state index in [0.29, 0.717) is 16.7 Å². The molecule has 4 rings (SSSR count). The minimum Gasteiger partial charge on any atom is -0.350 e. The highest BCUT2D eigenvalue weighted by atomic mass is 32.2. The molecule has 0 saturated carbocycles. The average Bonchev–Trinajstić information content (AvgIpc) is 2.97. The smallest absolute Gasteiger partial charge is 0.247 e. The van der Waals surface area contributed by atoms with Crippen molar-refractivity contribution in [3.8, 4) is 0 Å². The zero-order valence-corrected chi connectivity index (χ0v) is 23.4. The van der Waals surface area contributed by atoms with E-state index in [2.05, 4.69) is 10.3 Å². The van der Waals surface area contributed by atoms with Crippen molar-refractivity contribution in [1.29, 1.82) is 0 Å². The van der Waals surface area contributed by atoms with Gasteiger partial charge >= 0.3 is 0 Å². The second-order valence-electron chi connectivity index (χ2n) is 9.55. The van der Waals surface area contributed by atoms with Crippen molar-refractivity contribution < 1.29 is 22.4 Å². The molecule has 2 amide bonds. The Balaban J connectivity index is 1.69. The number of nitrogens with one attached hydrogen (secondary N) is 1. The number of pyridine rings is 1. The molecule has 0 aliphatic heterocycles. The maximum Gasteiger partial charge on any atom is 0.247 e. The molecule has 0 aliphatic carbocycles. The Kier molecular flexibility index (Phi) is 9.94. The number of benzene rings is 3. The number of carbonyl (C=O) groups excluding carboxylic acids is 2. The summed E-state index contributed by atoms with van der Waals surface area (Å²) in [6, 6.07) is 25.8. The maximum atomic E-state index is 14.0. The molecule has 0 aliphatic rings. The number of aromatic nitrogens is 1. The van der Waals surface area contributed by atoms with Crippen LogP contribution in [0.25, 0.3) is 0 Å². The number of amides is 2. The van der Waals surface area contributed by atoms with Crippen LogP contribution >= 0.6 is 0 Å². The van der Waals surface area contributed by atoms with Crippen LogP contribution in [0.5, 0.6) is 0 Å². The summed E-state index contributed by atoms with van der Waals surface area (Å²) in [5, 5.41) is 2.90. The second kappa shape index (κ2) is 13.8. The molecule has 8 nitrogen and oxygen atoms in total. The molecule has 1 atom stereocenters. The summed E-state index contributed by atoms with van der Waals surface area (Å²) in [7, 11) is -3.80. The van der Waals surface area contributed by atoms with E-state index in [1.165, 1.54) is 29.2 Å². The predicted molar refractivity (Wildman–Crippen MR) is 154 cm³/mol. The minimum atomic E-state index is -3.80. The molecule has 0 spiro atoms. The Morgan fingerprint density at radius 1 is 0.805 bits per heavy atom. The lowest BCUT2D eigenvalue weighted by Crippen LogP contribution is -2.47. The van der Waals surface area contributed by atoms with Gasteiger partial charge in [0, 0.05) is 32.0 Å². The second-order valence-corrected chi connectivity index (χ2v) is 11.5. The first-order valence-corrected chi connectivity index (χ1v) is 14.8. The molecule has 4 aromatic rings. The van der Waals surface area contributed by atoms with Gasteiger partial charge in [-0.05, 0) is 46.5 Å². The maximum absolute atomic E-state index is 14.0. The highest BCUT2D eigenvalue weighted by Crippen LogP contribution is 2.25. The summed E-state index contributed by atoms with van der Waals surface area (Å²) >= 11 is 0. The molecule has 0 radical (unpaired) electrons. The van der Waals surface area contributed by atoms with Crippen LogP contribution in [0.2, 0.25) is 0 Å². The highest BCUT2D eigenvalue weighted by molar-refractivity contribution is 7.88. The largest absolute Gasteiger partial charge is 0.350 e. The van der Waals surface area contributed by atoms with Crippen LogP contribution in [-0.2, 0) is 39.2 Å². The lowest BCUT2D eigenvalue weighted by molar-refractivity contribution is -0.141. The minimum absolute atomic E-state index is 0.0138. The number of sulfonamides is 1. The molecule has 41 heavy (non-hydrogen) atoms. The van der Waals surface area contributed by atoms with Crippen molar-refractivity contribution >= 4 is 21.8 Å². The summed E-state index contributed by atoms with van der Waals surface area (Å²) in [5.41, 5.74) is 2.66. The van der Waals surface area contributed by atoms with Crippen molar-refractivity contribution in [1.82, 2.24) is 19.5 Å².